The fraction of sp³-hybridized carbons (Fsp3) is 0.667. The van der Waals surface area contributed by atoms with Crippen molar-refractivity contribution in [2.24, 2.45) is 28.6 Å². The highest BCUT2D eigenvalue weighted by atomic mass is 35.5. The van der Waals surface area contributed by atoms with Crippen molar-refractivity contribution in [1.29, 1.82) is 5.26 Å². The number of nitrogens with one attached hydrogen (secondary N) is 5. The molecule has 7 aliphatic rings. The second-order valence-corrected chi connectivity index (χ2v) is 22.5. The molecule has 0 aromatic heterocycles. The van der Waals surface area contributed by atoms with E-state index in [1.165, 1.54) is 19.3 Å². The van der Waals surface area contributed by atoms with E-state index < -0.39 is 5.60 Å². The zero-order chi connectivity index (χ0) is 46.7. The minimum Gasteiger partial charge on any atom is -0.489 e. The molecule has 1 saturated carbocycles. The number of carbonyl (C=O) groups is 2. The van der Waals surface area contributed by atoms with Gasteiger partial charge < -0.3 is 35.4 Å². The number of halogens is 1. The van der Waals surface area contributed by atoms with Crippen LogP contribution in [0, 0.1) is 39.9 Å². The molecule has 15 heteroatoms. The number of piperazine rings is 1. The molecular weight excluding hydrogens is 854 g/mol. The van der Waals surface area contributed by atoms with Gasteiger partial charge in [0.05, 0.1) is 40.6 Å². The van der Waals surface area contributed by atoms with Crippen LogP contribution < -0.4 is 36.1 Å². The largest absolute Gasteiger partial charge is 0.489 e. The van der Waals surface area contributed by atoms with Crippen molar-refractivity contribution in [2.45, 2.75) is 128 Å². The van der Waals surface area contributed by atoms with Gasteiger partial charge in [0.2, 0.25) is 11.8 Å². The Bertz CT molecular complexity index is 2180. The van der Waals surface area contributed by atoms with Gasteiger partial charge in [0.15, 0.2) is 0 Å². The summed E-state index contributed by atoms with van der Waals surface area (Å²) in [7, 11) is 1.82. The lowest BCUT2D eigenvalue weighted by Crippen LogP contribution is -2.76. The van der Waals surface area contributed by atoms with E-state index in [9.17, 15) is 20.0 Å². The van der Waals surface area contributed by atoms with Gasteiger partial charge in [0.1, 0.15) is 29.8 Å². The summed E-state index contributed by atoms with van der Waals surface area (Å²) < 4.78 is 13.2. The molecule has 2 aromatic rings. The SMILES string of the molecule is CN1C=C(c2cc(C(C)(C)O)ccc2OC2CCC(N3CC(CC4CCN(C5CNC(C(=O)NC6C(C)(C)C(Oc7ccc(C#N)c(Cl)c7)C6(C)C)CN5)CC4)C3)NC2)C2CCNC2C1=O. The number of piperidine rings is 2. The molecule has 66 heavy (non-hydrogen) atoms. The molecule has 6 atom stereocenters. The molecule has 6 heterocycles. The van der Waals surface area contributed by atoms with E-state index in [1.807, 2.05) is 39.2 Å². The summed E-state index contributed by atoms with van der Waals surface area (Å²) in [6.45, 7) is 19.5. The number of hydrogen-bond donors (Lipinski definition) is 6. The summed E-state index contributed by atoms with van der Waals surface area (Å²) in [5.41, 5.74) is 1.70. The van der Waals surface area contributed by atoms with Gasteiger partial charge in [-0.05, 0) is 119 Å². The number of aliphatic hydroxyl groups is 1. The molecule has 14 nitrogen and oxygen atoms in total. The Morgan fingerprint density at radius 1 is 0.909 bits per heavy atom. The van der Waals surface area contributed by atoms with Gasteiger partial charge in [-0.25, -0.2) is 0 Å². The lowest BCUT2D eigenvalue weighted by Gasteiger charge is -2.63. The topological polar surface area (TPSA) is 166 Å². The average Bonchev–Trinajstić information content (AvgIpc) is 3.78. The summed E-state index contributed by atoms with van der Waals surface area (Å²) in [6, 6.07) is 12.7. The first-order valence-electron chi connectivity index (χ1n) is 24.5. The van der Waals surface area contributed by atoms with E-state index in [4.69, 9.17) is 21.1 Å². The smallest absolute Gasteiger partial charge is 0.244 e. The Balaban J connectivity index is 0.684. The third-order valence-electron chi connectivity index (χ3n) is 16.3. The third kappa shape index (κ3) is 9.36. The van der Waals surface area contributed by atoms with Crippen molar-refractivity contribution in [1.82, 2.24) is 41.3 Å². The highest BCUT2D eigenvalue weighted by Crippen LogP contribution is 2.55. The summed E-state index contributed by atoms with van der Waals surface area (Å²) in [5, 5.41) is 38.4. The van der Waals surface area contributed by atoms with E-state index in [-0.39, 0.29) is 65.1 Å². The molecule has 1 aliphatic carbocycles. The van der Waals surface area contributed by atoms with Gasteiger partial charge in [-0.2, -0.15) is 5.26 Å². The molecule has 6 fully saturated rings. The van der Waals surface area contributed by atoms with Crippen LogP contribution in [-0.2, 0) is 15.2 Å². The second kappa shape index (κ2) is 18.6. The van der Waals surface area contributed by atoms with Crippen molar-refractivity contribution >= 4 is 29.0 Å². The van der Waals surface area contributed by atoms with Crippen molar-refractivity contribution in [2.75, 3.05) is 59.4 Å². The summed E-state index contributed by atoms with van der Waals surface area (Å²) >= 11 is 6.28. The van der Waals surface area contributed by atoms with Crippen molar-refractivity contribution in [3.05, 3.63) is 64.3 Å². The number of likely N-dealkylation sites (N-methyl/N-ethyl adjacent to an activating group) is 1. The molecule has 0 bridgehead atoms. The Hall–Kier alpha value is -3.78. The molecule has 6 aliphatic heterocycles. The molecule has 358 valence electrons. The van der Waals surface area contributed by atoms with Gasteiger partial charge >= 0.3 is 0 Å². The standard InChI is InChI=1S/C51H72ClN9O5/c1-49(2)47(50(3,4)48(49)66-34-10-8-32(23-53)39(52)22-34)58-45(62)40-25-57-43(26-55-40)60-18-15-30(16-19-60)20-31-27-61(28-31)42-13-11-35(24-56-42)65-41-12-9-33(51(5,6)64)21-37(41)38-29-59(7)46(63)44-36(38)14-17-54-44/h8-10,12,21-22,29-31,35-36,40,42-44,47-48,54-57,64H,11,13-20,24-28H2,1-7H3,(H,58,62). The summed E-state index contributed by atoms with van der Waals surface area (Å²) in [5.74, 6) is 3.13. The van der Waals surface area contributed by atoms with Crippen LogP contribution in [0.1, 0.15) is 96.8 Å². The fourth-order valence-electron chi connectivity index (χ4n) is 12.7. The Labute approximate surface area is 396 Å². The van der Waals surface area contributed by atoms with Crippen LogP contribution in [0.3, 0.4) is 0 Å². The average molecular weight is 927 g/mol. The van der Waals surface area contributed by atoms with Crippen molar-refractivity contribution in [3.63, 3.8) is 0 Å². The van der Waals surface area contributed by atoms with Crippen LogP contribution in [-0.4, -0.2) is 134 Å². The van der Waals surface area contributed by atoms with E-state index >= 15 is 0 Å². The minimum atomic E-state index is -0.996. The first-order valence-corrected chi connectivity index (χ1v) is 24.9. The zero-order valence-electron chi connectivity index (χ0n) is 40.0. The normalized spacial score (nSPS) is 31.8. The number of ether oxygens (including phenoxy) is 2. The van der Waals surface area contributed by atoms with Crippen LogP contribution in [0.25, 0.3) is 5.57 Å². The van der Waals surface area contributed by atoms with Gasteiger partial charge in [-0.1, -0.05) is 45.4 Å². The highest BCUT2D eigenvalue weighted by Gasteiger charge is 2.64. The number of benzene rings is 2. The predicted molar refractivity (Wildman–Crippen MR) is 255 cm³/mol. The molecule has 5 saturated heterocycles. The number of hydrogen-bond acceptors (Lipinski definition) is 12. The van der Waals surface area contributed by atoms with Gasteiger partial charge in [-0.15, -0.1) is 0 Å². The predicted octanol–water partition coefficient (Wildman–Crippen LogP) is 4.61. The van der Waals surface area contributed by atoms with Crippen LogP contribution >= 0.6 is 11.6 Å². The first kappa shape index (κ1) is 47.3. The maximum Gasteiger partial charge on any atom is 0.244 e. The number of nitrogens with zero attached hydrogens (tertiary/aromatic N) is 4. The molecule has 6 unspecified atom stereocenters. The molecule has 2 amide bonds. The van der Waals surface area contributed by atoms with Gasteiger partial charge in [0, 0.05) is 80.4 Å². The molecule has 2 aromatic carbocycles. The Kier molecular flexibility index (Phi) is 13.3. The van der Waals surface area contributed by atoms with Crippen LogP contribution in [0.15, 0.2) is 42.6 Å². The molecule has 9 rings (SSSR count). The number of nitriles is 1. The molecular formula is C51H72ClN9O5. The van der Waals surface area contributed by atoms with Crippen LogP contribution in [0.5, 0.6) is 11.5 Å². The molecule has 0 radical (unpaired) electrons. The number of carbonyl (C=O) groups excluding carboxylic acids is 2. The summed E-state index contributed by atoms with van der Waals surface area (Å²) in [6.07, 6.45) is 9.07. The zero-order valence-corrected chi connectivity index (χ0v) is 40.7. The molecule has 0 spiro atoms. The van der Waals surface area contributed by atoms with E-state index in [2.05, 4.69) is 76.2 Å². The number of fused-ring (bicyclic) bond motifs is 1. The minimum absolute atomic E-state index is 0.0151. The lowest BCUT2D eigenvalue weighted by molar-refractivity contribution is -0.174. The van der Waals surface area contributed by atoms with E-state index in [1.54, 1.807) is 23.1 Å². The first-order chi connectivity index (χ1) is 31.4. The Morgan fingerprint density at radius 2 is 1.65 bits per heavy atom. The number of likely N-dealkylation sites (tertiary alicyclic amines) is 2. The third-order valence-corrected chi connectivity index (χ3v) is 16.6. The maximum absolute atomic E-state index is 13.6. The Morgan fingerprint density at radius 3 is 2.30 bits per heavy atom. The lowest BCUT2D eigenvalue weighted by atomic mass is 9.49. The van der Waals surface area contributed by atoms with Crippen molar-refractivity contribution < 1.29 is 24.2 Å². The maximum atomic E-state index is 13.6. The quantitative estimate of drug-likeness (QED) is 0.176. The van der Waals surface area contributed by atoms with Crippen molar-refractivity contribution in [3.8, 4) is 17.6 Å². The number of rotatable bonds is 12. The second-order valence-electron chi connectivity index (χ2n) is 22.1. The van der Waals surface area contributed by atoms with E-state index in [0.29, 0.717) is 29.0 Å². The highest BCUT2D eigenvalue weighted by molar-refractivity contribution is 6.31. The van der Waals surface area contributed by atoms with Crippen LogP contribution in [0.2, 0.25) is 5.02 Å². The summed E-state index contributed by atoms with van der Waals surface area (Å²) in [4.78, 5) is 33.4. The van der Waals surface area contributed by atoms with E-state index in [0.717, 1.165) is 99.4 Å². The monoisotopic (exact) mass is 926 g/mol. The molecule has 6 N–H and O–H groups in total. The number of amides is 2. The van der Waals surface area contributed by atoms with Crippen LogP contribution in [0.4, 0.5) is 0 Å². The fourth-order valence-corrected chi connectivity index (χ4v) is 12.9. The van der Waals surface area contributed by atoms with Gasteiger partial charge in [0.25, 0.3) is 0 Å². The van der Waals surface area contributed by atoms with Gasteiger partial charge in [-0.3, -0.25) is 30.0 Å².